The van der Waals surface area contributed by atoms with Crippen LogP contribution in [0.2, 0.25) is 0 Å². The van der Waals surface area contributed by atoms with Crippen LogP contribution in [0.1, 0.15) is 24.3 Å². The number of carbonyl (C=O) groups is 2. The van der Waals surface area contributed by atoms with E-state index in [0.29, 0.717) is 11.5 Å². The van der Waals surface area contributed by atoms with Crippen LogP contribution in [0, 0.1) is 0 Å². The molecule has 2 N–H and O–H groups in total. The Bertz CT molecular complexity index is 334. The van der Waals surface area contributed by atoms with Crippen molar-refractivity contribution >= 4 is 17.5 Å². The molecule has 1 aromatic rings. The van der Waals surface area contributed by atoms with Crippen molar-refractivity contribution < 1.29 is 42.3 Å². The van der Waals surface area contributed by atoms with Crippen LogP contribution in [0.3, 0.4) is 0 Å². The van der Waals surface area contributed by atoms with Gasteiger partial charge in [-0.2, -0.15) is 0 Å². The minimum Gasteiger partial charge on any atom is -0.340 e. The van der Waals surface area contributed by atoms with Gasteiger partial charge in [0.1, 0.15) is 5.69 Å². The summed E-state index contributed by atoms with van der Waals surface area (Å²) < 4.78 is 0. The third kappa shape index (κ3) is 2.22. The number of nitrogens with zero attached hydrogens (tertiary/aromatic N) is 1. The van der Waals surface area contributed by atoms with Gasteiger partial charge >= 0.3 is 0 Å². The fraction of sp³-hybridized carbons (Fsp3) is 0.286. The van der Waals surface area contributed by atoms with Crippen LogP contribution in [-0.2, 0) is 37.5 Å². The molecule has 0 spiro atoms. The van der Waals surface area contributed by atoms with Crippen LogP contribution < -0.4 is 5.32 Å². The van der Waals surface area contributed by atoms with Crippen LogP contribution in [-0.4, -0.2) is 21.7 Å². The Kier molecular flexibility index (Phi) is 4.43. The topological polar surface area (TPSA) is 74.8 Å². The van der Waals surface area contributed by atoms with Gasteiger partial charge in [-0.1, -0.05) is 7.43 Å². The van der Waals surface area contributed by atoms with Crippen molar-refractivity contribution in [2.24, 2.45) is 0 Å². The van der Waals surface area contributed by atoms with Crippen molar-refractivity contribution in [3.63, 3.8) is 0 Å². The number of imidazole rings is 1. The number of ketones is 1. The predicted octanol–water partition coefficient (Wildman–Crippen LogP) is 0.568. The first-order valence-corrected chi connectivity index (χ1v) is 3.14. The Hall–Kier alpha value is -0.546. The summed E-state index contributed by atoms with van der Waals surface area (Å²) in [5.41, 5.74) is 0.393. The van der Waals surface area contributed by atoms with Crippen molar-refractivity contribution in [3.8, 4) is 0 Å². The first-order valence-electron chi connectivity index (χ1n) is 3.14. The summed E-state index contributed by atoms with van der Waals surface area (Å²) in [6.07, 6.45) is 1.29. The average Bonchev–Trinajstić information content (AvgIpc) is 2.34. The third-order valence-electron chi connectivity index (χ3n) is 1.50. The number of hydrogen-bond acceptors (Lipinski definition) is 3. The molecule has 67 valence electrons. The number of carbonyl (C=O) groups excluding carboxylic acids is 2. The molecule has 1 aliphatic rings. The van der Waals surface area contributed by atoms with Crippen molar-refractivity contribution in [2.75, 3.05) is 5.32 Å². The minimum absolute atomic E-state index is 0. The zero-order valence-corrected chi connectivity index (χ0v) is 8.96. The van der Waals surface area contributed by atoms with E-state index in [-0.39, 0.29) is 58.2 Å². The van der Waals surface area contributed by atoms with Crippen LogP contribution >= 0.6 is 0 Å². The number of H-pyrrole nitrogens is 1. The second kappa shape index (κ2) is 4.62. The fourth-order valence-corrected chi connectivity index (χ4v) is 1.01. The molecule has 1 aliphatic heterocycles. The van der Waals surface area contributed by atoms with Crippen LogP contribution in [0.15, 0.2) is 6.33 Å². The van der Waals surface area contributed by atoms with E-state index in [1.807, 2.05) is 0 Å². The number of fused-ring (bicyclic) bond motifs is 1. The van der Waals surface area contributed by atoms with E-state index in [9.17, 15) is 9.59 Å². The van der Waals surface area contributed by atoms with E-state index < -0.39 is 0 Å². The molecular formula is C7H9N3O2Y. The molecule has 13 heavy (non-hydrogen) atoms. The van der Waals surface area contributed by atoms with Crippen LogP contribution in [0.5, 0.6) is 0 Å². The summed E-state index contributed by atoms with van der Waals surface area (Å²) in [5.74, 6) is -0.165. The first-order chi connectivity index (χ1) is 5.27. The fourth-order valence-electron chi connectivity index (χ4n) is 1.01. The van der Waals surface area contributed by atoms with E-state index in [1.165, 1.54) is 6.33 Å². The van der Waals surface area contributed by atoms with Gasteiger partial charge in [0.05, 0.1) is 12.7 Å². The van der Waals surface area contributed by atoms with Gasteiger partial charge in [-0.3, -0.25) is 9.59 Å². The van der Waals surface area contributed by atoms with Crippen molar-refractivity contribution in [2.45, 2.75) is 13.8 Å². The Morgan fingerprint density at radius 1 is 1.38 bits per heavy atom. The second-order valence-corrected chi connectivity index (χ2v) is 2.27. The van der Waals surface area contributed by atoms with Crippen LogP contribution in [0.4, 0.5) is 5.82 Å². The number of Topliss-reactive ketones (excluding diaryl/α,β-unsaturated/α-hetero) is 1. The standard InChI is InChI=1S/C6H5N3O2.CH4.Y/c10-3-1-4(11)9-6-5(3)7-2-8-6;;/h2H,1H2,(H,7,8)(H,9,11);1H4;. The van der Waals surface area contributed by atoms with E-state index in [2.05, 4.69) is 15.3 Å². The SMILES string of the molecule is C.O=C1CC(=O)c2[nH]cnc2N1.[Y]. The molecule has 0 aromatic carbocycles. The summed E-state index contributed by atoms with van der Waals surface area (Å²) in [5, 5.41) is 2.47. The summed E-state index contributed by atoms with van der Waals surface area (Å²) in [6, 6.07) is 0. The molecule has 1 radical (unpaired) electrons. The van der Waals surface area contributed by atoms with Gasteiger partial charge in [-0.05, 0) is 0 Å². The molecule has 0 fully saturated rings. The van der Waals surface area contributed by atoms with Gasteiger partial charge in [0.25, 0.3) is 0 Å². The van der Waals surface area contributed by atoms with Gasteiger partial charge in [0.15, 0.2) is 11.6 Å². The monoisotopic (exact) mass is 256 g/mol. The van der Waals surface area contributed by atoms with Crippen LogP contribution in [0.25, 0.3) is 0 Å². The minimum atomic E-state index is -0.297. The number of amides is 1. The molecule has 0 bridgehead atoms. The number of aromatic amines is 1. The summed E-state index contributed by atoms with van der Waals surface area (Å²) in [4.78, 5) is 28.2. The van der Waals surface area contributed by atoms with E-state index in [4.69, 9.17) is 0 Å². The molecule has 0 atom stereocenters. The number of aromatic nitrogens is 2. The van der Waals surface area contributed by atoms with Crippen molar-refractivity contribution in [1.29, 1.82) is 0 Å². The molecular weight excluding hydrogens is 247 g/mol. The molecule has 5 nitrogen and oxygen atoms in total. The molecule has 0 aliphatic carbocycles. The van der Waals surface area contributed by atoms with Gasteiger partial charge in [0, 0.05) is 32.7 Å². The average molecular weight is 256 g/mol. The third-order valence-corrected chi connectivity index (χ3v) is 1.50. The molecule has 1 aromatic heterocycles. The number of nitrogens with one attached hydrogen (secondary N) is 2. The zero-order chi connectivity index (χ0) is 7.84. The molecule has 0 unspecified atom stereocenters. The van der Waals surface area contributed by atoms with E-state index in [0.717, 1.165) is 0 Å². The largest absolute Gasteiger partial charge is 0.340 e. The Labute approximate surface area is 101 Å². The molecule has 2 heterocycles. The quantitative estimate of drug-likeness (QED) is 0.666. The summed E-state index contributed by atoms with van der Waals surface area (Å²) in [6.45, 7) is 0. The smallest absolute Gasteiger partial charge is 0.233 e. The number of hydrogen-bond donors (Lipinski definition) is 2. The zero-order valence-electron chi connectivity index (χ0n) is 6.13. The van der Waals surface area contributed by atoms with Gasteiger partial charge in [-0.15, -0.1) is 0 Å². The summed E-state index contributed by atoms with van der Waals surface area (Å²) in [7, 11) is 0. The molecule has 0 saturated heterocycles. The number of rotatable bonds is 0. The maximum Gasteiger partial charge on any atom is 0.233 e. The predicted molar refractivity (Wildman–Crippen MR) is 42.9 cm³/mol. The normalized spacial score (nSPS) is 13.5. The molecule has 0 saturated carbocycles. The van der Waals surface area contributed by atoms with Gasteiger partial charge in [0.2, 0.25) is 5.91 Å². The molecule has 1 amide bonds. The van der Waals surface area contributed by atoms with E-state index in [1.54, 1.807) is 0 Å². The Morgan fingerprint density at radius 3 is 2.77 bits per heavy atom. The second-order valence-electron chi connectivity index (χ2n) is 2.27. The summed E-state index contributed by atoms with van der Waals surface area (Å²) >= 11 is 0. The van der Waals surface area contributed by atoms with Crippen molar-refractivity contribution in [3.05, 3.63) is 12.0 Å². The van der Waals surface area contributed by atoms with Gasteiger partial charge < -0.3 is 10.3 Å². The molecule has 6 heteroatoms. The van der Waals surface area contributed by atoms with E-state index >= 15 is 0 Å². The Balaban J connectivity index is 0.000000720. The molecule has 2 rings (SSSR count). The van der Waals surface area contributed by atoms with Crippen molar-refractivity contribution in [1.82, 2.24) is 9.97 Å². The maximum absolute atomic E-state index is 11.0. The Morgan fingerprint density at radius 2 is 2.08 bits per heavy atom. The number of anilines is 1. The maximum atomic E-state index is 11.0. The van der Waals surface area contributed by atoms with Gasteiger partial charge in [-0.25, -0.2) is 4.98 Å². The first kappa shape index (κ1) is 12.5.